The van der Waals surface area contributed by atoms with Crippen LogP contribution < -0.4 is 5.32 Å². The quantitative estimate of drug-likeness (QED) is 0.154. The van der Waals surface area contributed by atoms with Crippen LogP contribution in [0.4, 0.5) is 13.2 Å². The Morgan fingerprint density at radius 2 is 1.25 bits per heavy atom. The van der Waals surface area contributed by atoms with E-state index in [1.807, 2.05) is 94.4 Å². The van der Waals surface area contributed by atoms with Crippen LogP contribution in [-0.2, 0) is 12.1 Å². The number of carbonyl (C=O) groups is 1. The van der Waals surface area contributed by atoms with Crippen LogP contribution in [-0.4, -0.2) is 25.1 Å². The first-order chi connectivity index (χ1) is 25.4. The minimum absolute atomic E-state index is 0.0903. The van der Waals surface area contributed by atoms with Gasteiger partial charge in [-0.1, -0.05) is 103 Å². The van der Waals surface area contributed by atoms with Gasteiger partial charge in [-0.25, -0.2) is 18.2 Å². The zero-order valence-electron chi connectivity index (χ0n) is 27.6. The molecule has 0 saturated carbocycles. The van der Waals surface area contributed by atoms with E-state index < -0.39 is 28.9 Å². The first-order valence-electron chi connectivity index (χ1n) is 16.6. The number of nitrogens with one attached hydrogen (secondary N) is 1. The fourth-order valence-corrected chi connectivity index (χ4v) is 6.74. The summed E-state index contributed by atoms with van der Waals surface area (Å²) in [7, 11) is 0. The Kier molecular flexibility index (Phi) is 8.44. The van der Waals surface area contributed by atoms with E-state index in [0.717, 1.165) is 39.9 Å². The molecular formula is C43H30F3N5O. The third kappa shape index (κ3) is 5.82. The molecule has 3 heterocycles. The zero-order valence-corrected chi connectivity index (χ0v) is 27.6. The van der Waals surface area contributed by atoms with Gasteiger partial charge in [0.1, 0.15) is 17.0 Å². The van der Waals surface area contributed by atoms with Crippen LogP contribution in [0.3, 0.4) is 0 Å². The van der Waals surface area contributed by atoms with Crippen LogP contribution in [0.15, 0.2) is 164 Å². The number of pyridine rings is 1. The molecule has 5 aromatic carbocycles. The molecule has 0 unspecified atom stereocenters. The van der Waals surface area contributed by atoms with Crippen molar-refractivity contribution < 1.29 is 18.0 Å². The van der Waals surface area contributed by atoms with E-state index in [1.54, 1.807) is 12.3 Å². The molecule has 0 bridgehead atoms. The lowest BCUT2D eigenvalue weighted by atomic mass is 9.77. The summed E-state index contributed by atoms with van der Waals surface area (Å²) >= 11 is 0. The molecule has 3 aromatic heterocycles. The first kappa shape index (κ1) is 32.5. The smallest absolute Gasteiger partial charge is 0.254 e. The number of amides is 1. The third-order valence-electron chi connectivity index (χ3n) is 9.29. The van der Waals surface area contributed by atoms with Gasteiger partial charge in [-0.2, -0.15) is 5.10 Å². The highest BCUT2D eigenvalue weighted by molar-refractivity contribution is 5.95. The monoisotopic (exact) mass is 689 g/mol. The van der Waals surface area contributed by atoms with Gasteiger partial charge < -0.3 is 5.32 Å². The van der Waals surface area contributed by atoms with Crippen molar-refractivity contribution in [3.8, 4) is 22.4 Å². The Morgan fingerprint density at radius 3 is 1.87 bits per heavy atom. The molecule has 1 amide bonds. The van der Waals surface area contributed by atoms with Gasteiger partial charge in [0.25, 0.3) is 5.91 Å². The van der Waals surface area contributed by atoms with Crippen molar-refractivity contribution in [1.29, 1.82) is 0 Å². The van der Waals surface area contributed by atoms with Gasteiger partial charge >= 0.3 is 0 Å². The number of halogens is 3. The number of rotatable bonds is 9. The minimum atomic E-state index is -1.02. The number of fused-ring (bicyclic) bond motifs is 1. The van der Waals surface area contributed by atoms with Crippen molar-refractivity contribution >= 4 is 11.6 Å². The van der Waals surface area contributed by atoms with E-state index in [1.165, 1.54) is 18.2 Å². The van der Waals surface area contributed by atoms with E-state index in [2.05, 4.69) is 46.7 Å². The van der Waals surface area contributed by atoms with E-state index in [9.17, 15) is 13.6 Å². The molecular weight excluding hydrogens is 660 g/mol. The molecule has 52 heavy (non-hydrogen) atoms. The fraction of sp³-hybridized carbons (Fsp3) is 0.0465. The fourth-order valence-electron chi connectivity index (χ4n) is 6.74. The lowest BCUT2D eigenvalue weighted by molar-refractivity contribution is 0.0947. The lowest BCUT2D eigenvalue weighted by Crippen LogP contribution is -2.38. The number of benzene rings is 5. The Balaban J connectivity index is 1.14. The van der Waals surface area contributed by atoms with Gasteiger partial charge in [-0.15, -0.1) is 0 Å². The molecule has 9 heteroatoms. The maximum atomic E-state index is 15.4. The lowest BCUT2D eigenvalue weighted by Gasteiger charge is -2.36. The summed E-state index contributed by atoms with van der Waals surface area (Å²) in [6.45, 7) is -0.0903. The molecule has 0 atom stereocenters. The van der Waals surface area contributed by atoms with Gasteiger partial charge in [0.05, 0.1) is 23.7 Å². The van der Waals surface area contributed by atoms with Crippen molar-refractivity contribution in [2.24, 2.45) is 0 Å². The second kappa shape index (κ2) is 13.5. The number of hydrogen-bond acceptors (Lipinski definition) is 3. The Morgan fingerprint density at radius 1 is 0.615 bits per heavy atom. The highest BCUT2D eigenvalue weighted by atomic mass is 19.2. The summed E-state index contributed by atoms with van der Waals surface area (Å²) < 4.78 is 46.1. The predicted octanol–water partition coefficient (Wildman–Crippen LogP) is 9.05. The Labute approximate surface area is 297 Å². The molecule has 0 radical (unpaired) electrons. The number of carbonyl (C=O) groups excluding carboxylic acids is 1. The Hall–Kier alpha value is -6.74. The van der Waals surface area contributed by atoms with Crippen LogP contribution >= 0.6 is 0 Å². The normalized spacial score (nSPS) is 11.5. The predicted molar refractivity (Wildman–Crippen MR) is 194 cm³/mol. The molecule has 254 valence electrons. The maximum absolute atomic E-state index is 15.4. The van der Waals surface area contributed by atoms with Crippen LogP contribution in [0, 0.1) is 17.5 Å². The second-order valence-electron chi connectivity index (χ2n) is 12.4. The third-order valence-corrected chi connectivity index (χ3v) is 9.29. The van der Waals surface area contributed by atoms with Crippen molar-refractivity contribution in [2.75, 3.05) is 0 Å². The summed E-state index contributed by atoms with van der Waals surface area (Å²) in [5.41, 5.74) is 6.11. The summed E-state index contributed by atoms with van der Waals surface area (Å²) in [5, 5.41) is 7.55. The molecule has 0 fully saturated rings. The summed E-state index contributed by atoms with van der Waals surface area (Å²) in [6.07, 6.45) is 7.48. The molecule has 0 aliphatic carbocycles. The highest BCUT2D eigenvalue weighted by Crippen LogP contribution is 2.41. The van der Waals surface area contributed by atoms with Crippen molar-refractivity contribution in [2.45, 2.75) is 12.1 Å². The molecule has 0 aliphatic rings. The van der Waals surface area contributed by atoms with Crippen molar-refractivity contribution in [1.82, 2.24) is 24.5 Å². The van der Waals surface area contributed by atoms with Gasteiger partial charge in [-0.05, 0) is 58.7 Å². The minimum Gasteiger partial charge on any atom is -0.348 e. The molecule has 6 nitrogen and oxygen atoms in total. The van der Waals surface area contributed by atoms with Crippen LogP contribution in [0.1, 0.15) is 32.6 Å². The molecule has 1 N–H and O–H groups in total. The van der Waals surface area contributed by atoms with Crippen LogP contribution in [0.25, 0.3) is 28.0 Å². The summed E-state index contributed by atoms with van der Waals surface area (Å²) in [5.74, 6) is -3.41. The largest absolute Gasteiger partial charge is 0.348 e. The van der Waals surface area contributed by atoms with E-state index >= 15 is 4.39 Å². The molecule has 0 spiro atoms. The number of nitrogens with zero attached hydrogens (tertiary/aromatic N) is 4. The van der Waals surface area contributed by atoms with Gasteiger partial charge in [0.15, 0.2) is 11.6 Å². The Bertz CT molecular complexity index is 2440. The van der Waals surface area contributed by atoms with Crippen molar-refractivity contribution in [3.63, 3.8) is 0 Å². The van der Waals surface area contributed by atoms with Crippen LogP contribution in [0.5, 0.6) is 0 Å². The van der Waals surface area contributed by atoms with Gasteiger partial charge in [0, 0.05) is 35.6 Å². The zero-order chi connectivity index (χ0) is 35.7. The van der Waals surface area contributed by atoms with Crippen molar-refractivity contribution in [3.05, 3.63) is 210 Å². The number of imidazole rings is 1. The van der Waals surface area contributed by atoms with E-state index in [4.69, 9.17) is 5.10 Å². The van der Waals surface area contributed by atoms with E-state index in [0.29, 0.717) is 22.5 Å². The standard InChI is InChI=1S/C43H30F3N5O/c44-37-20-16-29(22-39(37)46)24-48-42(52)36-19-17-30(23-38(36)45)40-26-47-41-21-18-31(27-50(40)41)32-25-49-51(28-32)43(33-10-4-1-5-11-33,34-12-6-2-7-13-34)35-14-8-3-9-15-35/h1-23,25-28H,24H2,(H,48,52). The molecule has 8 aromatic rings. The highest BCUT2D eigenvalue weighted by Gasteiger charge is 2.39. The molecule has 0 saturated heterocycles. The second-order valence-corrected chi connectivity index (χ2v) is 12.4. The van der Waals surface area contributed by atoms with Gasteiger partial charge in [-0.3, -0.25) is 13.9 Å². The van der Waals surface area contributed by atoms with Gasteiger partial charge in [0.2, 0.25) is 0 Å². The van der Waals surface area contributed by atoms with Crippen LogP contribution in [0.2, 0.25) is 0 Å². The summed E-state index contributed by atoms with van der Waals surface area (Å²) in [6, 6.07) is 42.5. The number of hydrogen-bond donors (Lipinski definition) is 1. The first-order valence-corrected chi connectivity index (χ1v) is 16.6. The number of aromatic nitrogens is 4. The topological polar surface area (TPSA) is 64.2 Å². The SMILES string of the molecule is O=C(NCc1ccc(F)c(F)c1)c1ccc(-c2cnc3ccc(-c4cnn(C(c5ccccc5)(c5ccccc5)c5ccccc5)c4)cn23)cc1F. The van der Waals surface area contributed by atoms with E-state index in [-0.39, 0.29) is 12.1 Å². The average Bonchev–Trinajstić information content (AvgIpc) is 3.85. The molecule has 8 rings (SSSR count). The average molecular weight is 690 g/mol. The molecule has 0 aliphatic heterocycles. The summed E-state index contributed by atoms with van der Waals surface area (Å²) in [4.78, 5) is 17.3. The maximum Gasteiger partial charge on any atom is 0.254 e.